The van der Waals surface area contributed by atoms with Crippen molar-refractivity contribution in [3.63, 3.8) is 0 Å². The first-order valence-corrected chi connectivity index (χ1v) is 5.50. The molecular weight excluding hydrogens is 216 g/mol. The van der Waals surface area contributed by atoms with Crippen molar-refractivity contribution in [2.75, 3.05) is 0 Å². The maximum atomic E-state index is 12.0. The molecule has 2 aromatic rings. The molecule has 0 aliphatic rings. The monoisotopic (exact) mass is 232 g/mol. The van der Waals surface area contributed by atoms with Gasteiger partial charge in [-0.3, -0.25) is 4.79 Å². The molecule has 0 spiro atoms. The average Bonchev–Trinajstić information content (AvgIpc) is 2.57. The number of aromatic nitrogens is 3. The van der Waals surface area contributed by atoms with Crippen LogP contribution in [0.4, 0.5) is 0 Å². The fourth-order valence-corrected chi connectivity index (χ4v) is 1.56. The summed E-state index contributed by atoms with van der Waals surface area (Å²) >= 11 is 0. The van der Waals surface area contributed by atoms with E-state index in [1.54, 1.807) is 12.4 Å². The number of carbonyl (C=O) groups is 1. The van der Waals surface area contributed by atoms with Gasteiger partial charge >= 0.3 is 0 Å². The molecule has 0 unspecified atom stereocenters. The van der Waals surface area contributed by atoms with Gasteiger partial charge in [0.25, 0.3) is 5.91 Å². The molecule has 2 N–H and O–H groups in total. The van der Waals surface area contributed by atoms with Gasteiger partial charge in [0.2, 0.25) is 0 Å². The van der Waals surface area contributed by atoms with Gasteiger partial charge in [0.05, 0.1) is 17.5 Å². The largest absolute Gasteiger partial charge is 0.347 e. The lowest BCUT2D eigenvalue weighted by Gasteiger charge is -2.19. The van der Waals surface area contributed by atoms with Gasteiger partial charge in [-0.05, 0) is 27.7 Å². The fraction of sp³-hybridized carbons (Fsp3) is 0.417. The number of H-pyrrole nitrogens is 1. The predicted octanol–water partition coefficient (Wildman–Crippen LogP) is 1.79. The second-order valence-electron chi connectivity index (χ2n) is 5.12. The fourth-order valence-electron chi connectivity index (χ4n) is 1.56. The smallest absolute Gasteiger partial charge is 0.255 e. The van der Waals surface area contributed by atoms with Crippen molar-refractivity contribution < 1.29 is 4.79 Å². The molecule has 0 radical (unpaired) electrons. The molecule has 2 aromatic heterocycles. The Hall–Kier alpha value is -1.91. The third-order valence-electron chi connectivity index (χ3n) is 2.23. The summed E-state index contributed by atoms with van der Waals surface area (Å²) in [6.07, 6.45) is 3.31. The molecular formula is C12H16N4O. The van der Waals surface area contributed by atoms with Crippen LogP contribution >= 0.6 is 0 Å². The molecule has 0 aromatic carbocycles. The van der Waals surface area contributed by atoms with E-state index in [0.29, 0.717) is 16.7 Å². The van der Waals surface area contributed by atoms with Crippen molar-refractivity contribution in [1.29, 1.82) is 0 Å². The molecule has 1 amide bonds. The zero-order valence-electron chi connectivity index (χ0n) is 10.5. The zero-order valence-corrected chi connectivity index (χ0v) is 10.5. The van der Waals surface area contributed by atoms with E-state index in [4.69, 9.17) is 0 Å². The third-order valence-corrected chi connectivity index (χ3v) is 2.23. The summed E-state index contributed by atoms with van der Waals surface area (Å²) in [5.74, 6) is -0.136. The minimum atomic E-state index is -0.266. The number of amides is 1. The van der Waals surface area contributed by atoms with Crippen molar-refractivity contribution in [2.45, 2.75) is 33.2 Å². The predicted molar refractivity (Wildman–Crippen MR) is 65.8 cm³/mol. The first-order chi connectivity index (χ1) is 7.87. The summed E-state index contributed by atoms with van der Waals surface area (Å²) in [5.41, 5.74) is 2.31. The minimum absolute atomic E-state index is 0.136. The number of nitrogens with one attached hydrogen (secondary N) is 2. The molecule has 2 rings (SSSR count). The number of hydrogen-bond acceptors (Lipinski definition) is 3. The van der Waals surface area contributed by atoms with Crippen LogP contribution in [0.25, 0.3) is 11.2 Å². The van der Waals surface area contributed by atoms with Crippen LogP contribution in [0.2, 0.25) is 0 Å². The molecule has 0 saturated heterocycles. The van der Waals surface area contributed by atoms with Gasteiger partial charge in [0.15, 0.2) is 5.65 Å². The second kappa shape index (κ2) is 3.84. The van der Waals surface area contributed by atoms with E-state index in [0.717, 1.165) is 5.69 Å². The van der Waals surface area contributed by atoms with Crippen molar-refractivity contribution in [3.8, 4) is 0 Å². The van der Waals surface area contributed by atoms with E-state index in [9.17, 15) is 4.79 Å². The number of aromatic amines is 1. The third kappa shape index (κ3) is 2.43. The zero-order chi connectivity index (χ0) is 12.6. The number of carbonyl (C=O) groups excluding carboxylic acids is 1. The van der Waals surface area contributed by atoms with Gasteiger partial charge in [-0.15, -0.1) is 0 Å². The van der Waals surface area contributed by atoms with Crippen LogP contribution in [0.5, 0.6) is 0 Å². The molecule has 2 heterocycles. The van der Waals surface area contributed by atoms with Crippen LogP contribution in [0.1, 0.15) is 36.8 Å². The van der Waals surface area contributed by atoms with Gasteiger partial charge in [0.1, 0.15) is 5.52 Å². The summed E-state index contributed by atoms with van der Waals surface area (Å²) in [6.45, 7) is 7.68. The van der Waals surface area contributed by atoms with Crippen molar-refractivity contribution in [1.82, 2.24) is 20.3 Å². The molecule has 0 fully saturated rings. The number of aryl methyl sites for hydroxylation is 1. The molecule has 0 bridgehead atoms. The number of hydrogen-bond donors (Lipinski definition) is 2. The van der Waals surface area contributed by atoms with Crippen molar-refractivity contribution >= 4 is 17.1 Å². The number of fused-ring (bicyclic) bond motifs is 1. The van der Waals surface area contributed by atoms with Crippen molar-refractivity contribution in [3.05, 3.63) is 23.7 Å². The molecule has 5 heteroatoms. The molecule has 17 heavy (non-hydrogen) atoms. The molecule has 5 nitrogen and oxygen atoms in total. The Morgan fingerprint density at radius 3 is 2.76 bits per heavy atom. The minimum Gasteiger partial charge on any atom is -0.347 e. The first kappa shape index (κ1) is 11.6. The quantitative estimate of drug-likeness (QED) is 0.787. The summed E-state index contributed by atoms with van der Waals surface area (Å²) in [6, 6.07) is 0. The normalized spacial score (nSPS) is 11.8. The number of nitrogens with zero attached hydrogens (tertiary/aromatic N) is 2. The van der Waals surface area contributed by atoms with Gasteiger partial charge in [-0.2, -0.15) is 0 Å². The first-order valence-electron chi connectivity index (χ1n) is 5.50. The van der Waals surface area contributed by atoms with E-state index >= 15 is 0 Å². The summed E-state index contributed by atoms with van der Waals surface area (Å²) in [7, 11) is 0. The molecule has 0 atom stereocenters. The Balaban J connectivity index is 2.42. The van der Waals surface area contributed by atoms with Crippen LogP contribution in [0.15, 0.2) is 12.4 Å². The van der Waals surface area contributed by atoms with E-state index in [-0.39, 0.29) is 11.4 Å². The lowest BCUT2D eigenvalue weighted by Crippen LogP contribution is -2.40. The van der Waals surface area contributed by atoms with E-state index in [1.165, 1.54) is 0 Å². The Bertz CT molecular complexity index is 565. The maximum absolute atomic E-state index is 12.0. The molecule has 0 aliphatic carbocycles. The molecule has 0 saturated carbocycles. The van der Waals surface area contributed by atoms with Crippen LogP contribution in [-0.4, -0.2) is 26.4 Å². The Labute approximate surface area is 99.7 Å². The van der Waals surface area contributed by atoms with E-state index in [2.05, 4.69) is 20.3 Å². The summed E-state index contributed by atoms with van der Waals surface area (Å²) in [4.78, 5) is 23.5. The number of rotatable bonds is 1. The lowest BCUT2D eigenvalue weighted by atomic mass is 10.1. The van der Waals surface area contributed by atoms with Crippen LogP contribution in [-0.2, 0) is 0 Å². The highest BCUT2D eigenvalue weighted by Gasteiger charge is 2.19. The Morgan fingerprint density at radius 2 is 2.12 bits per heavy atom. The summed E-state index contributed by atoms with van der Waals surface area (Å²) in [5, 5.41) is 2.91. The average molecular weight is 232 g/mol. The summed E-state index contributed by atoms with van der Waals surface area (Å²) < 4.78 is 0. The Morgan fingerprint density at radius 1 is 1.41 bits per heavy atom. The highest BCUT2D eigenvalue weighted by atomic mass is 16.1. The van der Waals surface area contributed by atoms with Crippen LogP contribution in [0.3, 0.4) is 0 Å². The maximum Gasteiger partial charge on any atom is 0.255 e. The van der Waals surface area contributed by atoms with Gasteiger partial charge < -0.3 is 10.3 Å². The Kier molecular flexibility index (Phi) is 2.61. The van der Waals surface area contributed by atoms with Gasteiger partial charge in [-0.25, -0.2) is 9.97 Å². The van der Waals surface area contributed by atoms with Gasteiger partial charge in [-0.1, -0.05) is 0 Å². The SMILES string of the molecule is Cc1cnc2[nH]cc(C(=O)NC(C)(C)C)c2n1. The standard InChI is InChI=1S/C12H16N4O/c1-7-5-13-10-9(15-7)8(6-14-10)11(17)16-12(2,3)4/h5-6H,1-4H3,(H,13,14)(H,16,17). The topological polar surface area (TPSA) is 70.7 Å². The molecule has 0 aliphatic heterocycles. The second-order valence-corrected chi connectivity index (χ2v) is 5.12. The van der Waals surface area contributed by atoms with Gasteiger partial charge in [0, 0.05) is 11.7 Å². The molecule has 90 valence electrons. The van der Waals surface area contributed by atoms with Crippen molar-refractivity contribution in [2.24, 2.45) is 0 Å². The lowest BCUT2D eigenvalue weighted by molar-refractivity contribution is 0.0921. The van der Waals surface area contributed by atoms with E-state index < -0.39 is 0 Å². The van der Waals surface area contributed by atoms with Crippen LogP contribution in [0, 0.1) is 6.92 Å². The highest BCUT2D eigenvalue weighted by molar-refractivity contribution is 6.04. The highest BCUT2D eigenvalue weighted by Crippen LogP contribution is 2.15. The van der Waals surface area contributed by atoms with Crippen LogP contribution < -0.4 is 5.32 Å². The van der Waals surface area contributed by atoms with E-state index in [1.807, 2.05) is 27.7 Å².